The highest BCUT2D eigenvalue weighted by molar-refractivity contribution is 6.04. The monoisotopic (exact) mass is 347 g/mol. The van der Waals surface area contributed by atoms with Gasteiger partial charge in [-0.25, -0.2) is 9.97 Å². The number of H-pyrrole nitrogens is 1. The van der Waals surface area contributed by atoms with Gasteiger partial charge in [-0.15, -0.1) is 0 Å². The first-order valence-electron chi connectivity index (χ1n) is 8.99. The number of rotatable bonds is 6. The van der Waals surface area contributed by atoms with Crippen LogP contribution < -0.4 is 0 Å². The van der Waals surface area contributed by atoms with Crippen LogP contribution in [0, 0.1) is 0 Å². The molecule has 0 radical (unpaired) electrons. The minimum atomic E-state index is -0.490. The van der Waals surface area contributed by atoms with E-state index < -0.39 is 6.10 Å². The van der Waals surface area contributed by atoms with Gasteiger partial charge < -0.3 is 10.1 Å². The summed E-state index contributed by atoms with van der Waals surface area (Å²) in [5.74, 6) is 0. The summed E-state index contributed by atoms with van der Waals surface area (Å²) in [6.07, 6.45) is 10.9. The van der Waals surface area contributed by atoms with Crippen LogP contribution in [0.25, 0.3) is 27.4 Å². The Morgan fingerprint density at radius 3 is 2.88 bits per heavy atom. The van der Waals surface area contributed by atoms with E-state index in [1.807, 2.05) is 38.4 Å². The topological polar surface area (TPSA) is 61.8 Å². The molecule has 0 spiro atoms. The number of allylic oxidation sites excluding steroid dienone is 3. The van der Waals surface area contributed by atoms with Crippen LogP contribution in [0.1, 0.15) is 39.3 Å². The van der Waals surface area contributed by atoms with Crippen molar-refractivity contribution in [2.75, 3.05) is 0 Å². The van der Waals surface area contributed by atoms with E-state index in [9.17, 15) is 5.11 Å². The van der Waals surface area contributed by atoms with Crippen LogP contribution in [0.3, 0.4) is 0 Å². The van der Waals surface area contributed by atoms with Crippen molar-refractivity contribution in [1.29, 1.82) is 0 Å². The molecule has 3 rings (SSSR count). The van der Waals surface area contributed by atoms with E-state index in [-0.39, 0.29) is 0 Å². The molecular weight excluding hydrogens is 322 g/mol. The molecule has 1 unspecified atom stereocenters. The Kier molecular flexibility index (Phi) is 5.33. The van der Waals surface area contributed by atoms with E-state index in [0.717, 1.165) is 57.1 Å². The normalized spacial score (nSPS) is 14.2. The van der Waals surface area contributed by atoms with Gasteiger partial charge in [0.05, 0.1) is 6.10 Å². The van der Waals surface area contributed by atoms with E-state index in [0.29, 0.717) is 0 Å². The minimum absolute atomic E-state index is 0.490. The SMILES string of the molecule is C=C(/C=C(C)\C(=C/C)c1cc2cnc3nccc3c2c[nH]1)C(O)CCC. The van der Waals surface area contributed by atoms with Crippen LogP contribution in [-0.2, 0) is 0 Å². The number of aromatic nitrogens is 3. The van der Waals surface area contributed by atoms with Crippen molar-refractivity contribution in [2.45, 2.75) is 39.7 Å². The molecule has 0 bridgehead atoms. The molecule has 4 heteroatoms. The van der Waals surface area contributed by atoms with E-state index in [2.05, 4.69) is 40.6 Å². The van der Waals surface area contributed by atoms with Crippen molar-refractivity contribution in [3.8, 4) is 0 Å². The minimum Gasteiger partial charge on any atom is -0.388 e. The average Bonchev–Trinajstić information content (AvgIpc) is 3.11. The van der Waals surface area contributed by atoms with Crippen molar-refractivity contribution in [1.82, 2.24) is 15.0 Å². The van der Waals surface area contributed by atoms with Gasteiger partial charge >= 0.3 is 0 Å². The Hall–Kier alpha value is -2.72. The molecule has 4 nitrogen and oxygen atoms in total. The number of pyridine rings is 2. The number of aliphatic hydroxyl groups is 1. The van der Waals surface area contributed by atoms with Gasteiger partial charge in [-0.3, -0.25) is 0 Å². The second-order valence-electron chi connectivity index (χ2n) is 6.57. The summed E-state index contributed by atoms with van der Waals surface area (Å²) in [7, 11) is 0. The Labute approximate surface area is 154 Å². The molecule has 26 heavy (non-hydrogen) atoms. The Balaban J connectivity index is 1.97. The molecule has 2 N–H and O–H groups in total. The highest BCUT2D eigenvalue weighted by Crippen LogP contribution is 2.28. The van der Waals surface area contributed by atoms with Gasteiger partial charge in [0, 0.05) is 40.4 Å². The quantitative estimate of drug-likeness (QED) is 0.604. The van der Waals surface area contributed by atoms with E-state index >= 15 is 0 Å². The van der Waals surface area contributed by atoms with Gasteiger partial charge in [-0.05, 0) is 49.1 Å². The number of hydrogen-bond acceptors (Lipinski definition) is 3. The predicted molar refractivity (Wildman–Crippen MR) is 109 cm³/mol. The lowest BCUT2D eigenvalue weighted by Crippen LogP contribution is -2.07. The summed E-state index contributed by atoms with van der Waals surface area (Å²) < 4.78 is 0. The molecule has 3 heterocycles. The third-order valence-electron chi connectivity index (χ3n) is 4.67. The summed E-state index contributed by atoms with van der Waals surface area (Å²) in [5, 5.41) is 13.4. The van der Waals surface area contributed by atoms with Crippen LogP contribution >= 0.6 is 0 Å². The molecule has 0 aliphatic heterocycles. The fraction of sp³-hybridized carbons (Fsp3) is 0.273. The summed E-state index contributed by atoms with van der Waals surface area (Å²) in [5.41, 5.74) is 4.66. The fourth-order valence-electron chi connectivity index (χ4n) is 3.28. The van der Waals surface area contributed by atoms with E-state index in [1.165, 1.54) is 0 Å². The number of aliphatic hydroxyl groups excluding tert-OH is 1. The number of nitrogens with one attached hydrogen (secondary N) is 1. The van der Waals surface area contributed by atoms with E-state index in [4.69, 9.17) is 0 Å². The largest absolute Gasteiger partial charge is 0.388 e. The van der Waals surface area contributed by atoms with Crippen molar-refractivity contribution in [3.05, 3.63) is 66.3 Å². The zero-order valence-electron chi connectivity index (χ0n) is 15.6. The average molecular weight is 347 g/mol. The summed E-state index contributed by atoms with van der Waals surface area (Å²) >= 11 is 0. The van der Waals surface area contributed by atoms with Crippen molar-refractivity contribution in [3.63, 3.8) is 0 Å². The molecule has 0 saturated heterocycles. The second-order valence-corrected chi connectivity index (χ2v) is 6.57. The van der Waals surface area contributed by atoms with Crippen LogP contribution in [0.4, 0.5) is 0 Å². The van der Waals surface area contributed by atoms with Crippen molar-refractivity contribution < 1.29 is 5.11 Å². The highest BCUT2D eigenvalue weighted by atomic mass is 16.3. The molecule has 0 aliphatic rings. The standard InChI is InChI=1S/C22H25N3O/c1-5-7-21(26)15(4)10-14(3)17(6-2)20-11-16-12-25-22-18(8-9-23-22)19(16)13-24-20/h6,8-13,21,24,26H,4-5,7H2,1-3H3/b14-10-,17-6+. The second kappa shape index (κ2) is 7.67. The number of fused-ring (bicyclic) bond motifs is 3. The third kappa shape index (κ3) is 3.46. The zero-order chi connectivity index (χ0) is 18.7. The lowest BCUT2D eigenvalue weighted by molar-refractivity contribution is 0.203. The summed E-state index contributed by atoms with van der Waals surface area (Å²) in [6.45, 7) is 10.1. The molecule has 134 valence electrons. The molecule has 0 saturated carbocycles. The van der Waals surface area contributed by atoms with Gasteiger partial charge in [0.1, 0.15) is 0 Å². The summed E-state index contributed by atoms with van der Waals surface area (Å²) in [6, 6.07) is 4.09. The number of nitrogens with zero attached hydrogens (tertiary/aromatic N) is 2. The lowest BCUT2D eigenvalue weighted by atomic mass is 9.97. The molecule has 3 aromatic heterocycles. The maximum absolute atomic E-state index is 10.1. The van der Waals surface area contributed by atoms with Gasteiger partial charge in [-0.1, -0.05) is 32.1 Å². The van der Waals surface area contributed by atoms with Gasteiger partial charge in [-0.2, -0.15) is 0 Å². The smallest absolute Gasteiger partial charge is 0.159 e. The van der Waals surface area contributed by atoms with E-state index in [1.54, 1.807) is 6.20 Å². The predicted octanol–water partition coefficient (Wildman–Crippen LogP) is 5.18. The van der Waals surface area contributed by atoms with Crippen LogP contribution in [0.15, 0.2) is 60.6 Å². The summed E-state index contributed by atoms with van der Waals surface area (Å²) in [4.78, 5) is 12.1. The molecule has 3 aromatic rings. The zero-order valence-corrected chi connectivity index (χ0v) is 15.6. The molecular formula is C22H25N3O. The van der Waals surface area contributed by atoms with Gasteiger partial charge in [0.15, 0.2) is 5.65 Å². The van der Waals surface area contributed by atoms with Crippen molar-refractivity contribution >= 4 is 27.4 Å². The number of hydrogen-bond donors (Lipinski definition) is 2. The third-order valence-corrected chi connectivity index (χ3v) is 4.67. The Bertz CT molecular complexity index is 1010. The van der Waals surface area contributed by atoms with Crippen LogP contribution in [0.2, 0.25) is 0 Å². The molecule has 0 aliphatic carbocycles. The maximum Gasteiger partial charge on any atom is 0.159 e. The Morgan fingerprint density at radius 2 is 2.15 bits per heavy atom. The molecule has 0 fully saturated rings. The van der Waals surface area contributed by atoms with Gasteiger partial charge in [0.2, 0.25) is 0 Å². The lowest BCUT2D eigenvalue weighted by Gasteiger charge is -2.13. The maximum atomic E-state index is 10.1. The molecule has 0 aromatic carbocycles. The Morgan fingerprint density at radius 1 is 1.35 bits per heavy atom. The van der Waals surface area contributed by atoms with Gasteiger partial charge in [0.25, 0.3) is 0 Å². The van der Waals surface area contributed by atoms with Crippen LogP contribution in [0.5, 0.6) is 0 Å². The van der Waals surface area contributed by atoms with Crippen LogP contribution in [-0.4, -0.2) is 26.2 Å². The first-order valence-corrected chi connectivity index (χ1v) is 8.99. The fourth-order valence-corrected chi connectivity index (χ4v) is 3.28. The van der Waals surface area contributed by atoms with Crippen molar-refractivity contribution in [2.24, 2.45) is 0 Å². The molecule has 1 atom stereocenters. The first kappa shape index (κ1) is 18.1. The molecule has 0 amide bonds. The highest BCUT2D eigenvalue weighted by Gasteiger charge is 2.10. The number of aromatic amines is 1. The first-order chi connectivity index (χ1) is 12.5.